The molecule has 0 bridgehead atoms. The Morgan fingerprint density at radius 2 is 1.70 bits per heavy atom. The Bertz CT molecular complexity index is 956. The highest BCUT2D eigenvalue weighted by molar-refractivity contribution is 6.04. The molecule has 1 aromatic heterocycles. The van der Waals surface area contributed by atoms with Crippen LogP contribution < -0.4 is 16.8 Å². The van der Waals surface area contributed by atoms with Crippen LogP contribution in [0.5, 0.6) is 0 Å². The number of aliphatic imine (C=N–C) groups is 1. The maximum Gasteiger partial charge on any atom is 0.277 e. The van der Waals surface area contributed by atoms with E-state index in [2.05, 4.69) is 15.5 Å². The maximum atomic E-state index is 12.5. The Morgan fingerprint density at radius 3 is 2.30 bits per heavy atom. The van der Waals surface area contributed by atoms with Gasteiger partial charge in [-0.3, -0.25) is 4.79 Å². The van der Waals surface area contributed by atoms with Crippen molar-refractivity contribution >= 4 is 35.6 Å². The van der Waals surface area contributed by atoms with Gasteiger partial charge in [-0.25, -0.2) is 4.99 Å². The number of nitrogens with zero attached hydrogens (tertiary/aromatic N) is 2. The minimum Gasteiger partial charge on any atom is -0.370 e. The zero-order valence-corrected chi connectivity index (χ0v) is 15.7. The molecule has 0 aliphatic rings. The number of halogens is 1. The molecule has 0 unspecified atom stereocenters. The number of anilines is 1. The number of carbonyl (C=O) groups is 1. The predicted octanol–water partition coefficient (Wildman–Crippen LogP) is 3.54. The highest BCUT2D eigenvalue weighted by Gasteiger charge is 2.15. The van der Waals surface area contributed by atoms with E-state index in [0.717, 1.165) is 22.4 Å². The number of nitrogens with one attached hydrogen (secondary N) is 1. The summed E-state index contributed by atoms with van der Waals surface area (Å²) in [4.78, 5) is 16.4. The van der Waals surface area contributed by atoms with Crippen molar-refractivity contribution in [2.75, 3.05) is 5.32 Å². The summed E-state index contributed by atoms with van der Waals surface area (Å²) in [5, 5.41) is 6.75. The molecule has 140 valence electrons. The van der Waals surface area contributed by atoms with Gasteiger partial charge in [0.25, 0.3) is 5.91 Å². The van der Waals surface area contributed by atoms with Gasteiger partial charge in [0, 0.05) is 17.3 Å². The molecule has 0 aliphatic heterocycles. The number of aryl methyl sites for hydroxylation is 2. The molecule has 0 saturated heterocycles. The lowest BCUT2D eigenvalue weighted by atomic mass is 10.1. The van der Waals surface area contributed by atoms with Gasteiger partial charge in [-0.1, -0.05) is 23.4 Å². The Kier molecular flexibility index (Phi) is 6.20. The number of amides is 1. The Morgan fingerprint density at radius 1 is 1.07 bits per heavy atom. The first-order chi connectivity index (χ1) is 12.4. The molecule has 0 aliphatic carbocycles. The summed E-state index contributed by atoms with van der Waals surface area (Å²) in [5.41, 5.74) is 15.0. The topological polar surface area (TPSA) is 120 Å². The molecule has 27 heavy (non-hydrogen) atoms. The fraction of sp³-hybridized carbons (Fsp3) is 0.105. The van der Waals surface area contributed by atoms with Gasteiger partial charge in [0.05, 0.1) is 5.69 Å². The molecular weight excluding hydrogens is 366 g/mol. The number of guanidine groups is 1. The summed E-state index contributed by atoms with van der Waals surface area (Å²) >= 11 is 0. The largest absolute Gasteiger partial charge is 0.370 e. The van der Waals surface area contributed by atoms with Crippen LogP contribution in [-0.2, 0) is 0 Å². The number of benzene rings is 2. The normalized spacial score (nSPS) is 10.0. The highest BCUT2D eigenvalue weighted by atomic mass is 35.5. The summed E-state index contributed by atoms with van der Waals surface area (Å²) in [5.74, 6) is 0.144. The van der Waals surface area contributed by atoms with Gasteiger partial charge in [-0.05, 0) is 49.2 Å². The van der Waals surface area contributed by atoms with E-state index in [0.29, 0.717) is 11.4 Å². The van der Waals surface area contributed by atoms with Crippen molar-refractivity contribution in [1.82, 2.24) is 5.16 Å². The van der Waals surface area contributed by atoms with Crippen molar-refractivity contribution in [2.45, 2.75) is 13.8 Å². The monoisotopic (exact) mass is 385 g/mol. The lowest BCUT2D eigenvalue weighted by Gasteiger charge is -2.09. The second kappa shape index (κ2) is 8.37. The van der Waals surface area contributed by atoms with Crippen molar-refractivity contribution < 1.29 is 9.32 Å². The van der Waals surface area contributed by atoms with Crippen LogP contribution in [0.25, 0.3) is 11.3 Å². The third-order valence-electron chi connectivity index (χ3n) is 3.87. The number of hydrogen-bond donors (Lipinski definition) is 3. The number of rotatable bonds is 4. The van der Waals surface area contributed by atoms with Gasteiger partial charge in [0.2, 0.25) is 0 Å². The first-order valence-electron chi connectivity index (χ1n) is 7.98. The summed E-state index contributed by atoms with van der Waals surface area (Å²) in [7, 11) is 0. The van der Waals surface area contributed by atoms with Crippen LogP contribution >= 0.6 is 12.4 Å². The van der Waals surface area contributed by atoms with Gasteiger partial charge in [0.15, 0.2) is 17.4 Å². The quantitative estimate of drug-likeness (QED) is 0.468. The molecule has 3 aromatic rings. The van der Waals surface area contributed by atoms with E-state index in [9.17, 15) is 4.79 Å². The molecule has 0 atom stereocenters. The van der Waals surface area contributed by atoms with E-state index in [1.807, 2.05) is 32.0 Å². The van der Waals surface area contributed by atoms with Crippen molar-refractivity contribution in [3.8, 4) is 11.3 Å². The molecule has 3 rings (SSSR count). The maximum absolute atomic E-state index is 12.5. The van der Waals surface area contributed by atoms with E-state index in [1.54, 1.807) is 30.3 Å². The van der Waals surface area contributed by atoms with Crippen LogP contribution in [-0.4, -0.2) is 17.0 Å². The van der Waals surface area contributed by atoms with E-state index >= 15 is 0 Å². The van der Waals surface area contributed by atoms with Crippen molar-refractivity contribution in [2.24, 2.45) is 16.5 Å². The third kappa shape index (κ3) is 4.65. The van der Waals surface area contributed by atoms with Crippen LogP contribution in [0.2, 0.25) is 0 Å². The standard InChI is InChI=1S/C19H19N5O2.ClH/c1-11-4-3-5-12(2)17(11)23-18(25)15-10-16(26-24-15)13-6-8-14(9-7-13)22-19(20)21;/h3-10H,1-2H3,(H,23,25)(H4,20,21,22);1H. The third-order valence-corrected chi connectivity index (χ3v) is 3.87. The molecule has 2 aromatic carbocycles. The molecule has 7 nitrogen and oxygen atoms in total. The fourth-order valence-electron chi connectivity index (χ4n) is 2.56. The van der Waals surface area contributed by atoms with Crippen LogP contribution in [0, 0.1) is 13.8 Å². The van der Waals surface area contributed by atoms with Gasteiger partial charge in [-0.15, -0.1) is 12.4 Å². The average Bonchev–Trinajstić information content (AvgIpc) is 3.08. The van der Waals surface area contributed by atoms with Gasteiger partial charge in [-0.2, -0.15) is 0 Å². The summed E-state index contributed by atoms with van der Waals surface area (Å²) in [6.07, 6.45) is 0. The zero-order valence-electron chi connectivity index (χ0n) is 14.9. The van der Waals surface area contributed by atoms with E-state index in [1.165, 1.54) is 0 Å². The van der Waals surface area contributed by atoms with Crippen LogP contribution in [0.15, 0.2) is 58.0 Å². The van der Waals surface area contributed by atoms with Crippen molar-refractivity contribution in [3.63, 3.8) is 0 Å². The Labute approximate surface area is 162 Å². The summed E-state index contributed by atoms with van der Waals surface area (Å²) < 4.78 is 5.29. The minimum absolute atomic E-state index is 0. The van der Waals surface area contributed by atoms with E-state index < -0.39 is 0 Å². The molecule has 1 heterocycles. The number of aromatic nitrogens is 1. The smallest absolute Gasteiger partial charge is 0.277 e. The molecule has 1 amide bonds. The predicted molar refractivity (Wildman–Crippen MR) is 109 cm³/mol. The molecule has 0 radical (unpaired) electrons. The van der Waals surface area contributed by atoms with Gasteiger partial charge >= 0.3 is 0 Å². The lowest BCUT2D eigenvalue weighted by molar-refractivity contribution is 0.101. The van der Waals surface area contributed by atoms with Gasteiger partial charge in [0.1, 0.15) is 0 Å². The minimum atomic E-state index is -0.325. The number of nitrogens with two attached hydrogens (primary N) is 2. The highest BCUT2D eigenvalue weighted by Crippen LogP contribution is 2.25. The van der Waals surface area contributed by atoms with Crippen molar-refractivity contribution in [3.05, 3.63) is 65.4 Å². The second-order valence-corrected chi connectivity index (χ2v) is 5.88. The Hall–Kier alpha value is -3.32. The number of para-hydroxylation sites is 1. The summed E-state index contributed by atoms with van der Waals surface area (Å²) in [6, 6.07) is 14.5. The fourth-order valence-corrected chi connectivity index (χ4v) is 2.56. The van der Waals surface area contributed by atoms with Crippen LogP contribution in [0.3, 0.4) is 0 Å². The Balaban J connectivity index is 0.00000261. The average molecular weight is 386 g/mol. The van der Waals surface area contributed by atoms with Crippen LogP contribution in [0.4, 0.5) is 11.4 Å². The van der Waals surface area contributed by atoms with Gasteiger partial charge < -0.3 is 21.3 Å². The van der Waals surface area contributed by atoms with E-state index in [4.69, 9.17) is 16.0 Å². The molecule has 0 saturated carbocycles. The molecule has 0 spiro atoms. The first kappa shape index (κ1) is 20.0. The molecular formula is C19H20ClN5O2. The summed E-state index contributed by atoms with van der Waals surface area (Å²) in [6.45, 7) is 3.88. The molecule has 0 fully saturated rings. The second-order valence-electron chi connectivity index (χ2n) is 5.88. The number of carbonyl (C=O) groups excluding carboxylic acids is 1. The first-order valence-corrected chi connectivity index (χ1v) is 7.98. The zero-order chi connectivity index (χ0) is 18.7. The molecule has 8 heteroatoms. The molecule has 5 N–H and O–H groups in total. The lowest BCUT2D eigenvalue weighted by Crippen LogP contribution is -2.21. The SMILES string of the molecule is Cc1cccc(C)c1NC(=O)c1cc(-c2ccc(N=C(N)N)cc2)on1.Cl. The van der Waals surface area contributed by atoms with Crippen LogP contribution in [0.1, 0.15) is 21.6 Å². The number of hydrogen-bond acceptors (Lipinski definition) is 4. The van der Waals surface area contributed by atoms with Crippen molar-refractivity contribution in [1.29, 1.82) is 0 Å². The van der Waals surface area contributed by atoms with E-state index in [-0.39, 0.29) is 30.0 Å².